The second-order valence-corrected chi connectivity index (χ2v) is 5.72. The summed E-state index contributed by atoms with van der Waals surface area (Å²) < 4.78 is 15.2. The predicted octanol–water partition coefficient (Wildman–Crippen LogP) is 2.33. The van der Waals surface area contributed by atoms with Crippen molar-refractivity contribution < 1.29 is 23.8 Å². The number of rotatable bonds is 5. The third-order valence-corrected chi connectivity index (χ3v) is 4.18. The lowest BCUT2D eigenvalue weighted by molar-refractivity contribution is -0.113. The minimum absolute atomic E-state index is 0.107. The average molecular weight is 346 g/mol. The molecule has 1 aliphatic rings. The summed E-state index contributed by atoms with van der Waals surface area (Å²) in [5.41, 5.74) is 0.944. The number of nitrogens with zero attached hydrogens (tertiary/aromatic N) is 1. The molecular weight excluding hydrogens is 332 g/mol. The number of aromatic nitrogens is 1. The van der Waals surface area contributed by atoms with Crippen molar-refractivity contribution in [3.63, 3.8) is 0 Å². The first-order valence-corrected chi connectivity index (χ1v) is 8.01. The zero-order chi connectivity index (χ0) is 16.9. The molecule has 0 spiro atoms. The summed E-state index contributed by atoms with van der Waals surface area (Å²) >= 11 is 1.16. The van der Waals surface area contributed by atoms with E-state index in [1.807, 2.05) is 0 Å². The number of carbonyl (C=O) groups excluding carboxylic acids is 2. The standard InChI is InChI=1S/C16H14N2O5S/c1-21-16(20)11-3-2-6-17-15(11)24-8-14(19)18-10-4-5-12-13(7-10)23-9-22-12/h2-7H,8-9H2,1H3,(H,18,19). The van der Waals surface area contributed by atoms with E-state index in [0.717, 1.165) is 11.8 Å². The number of hydrogen-bond acceptors (Lipinski definition) is 7. The van der Waals surface area contributed by atoms with Crippen molar-refractivity contribution in [2.45, 2.75) is 5.03 Å². The lowest BCUT2D eigenvalue weighted by Gasteiger charge is -2.08. The minimum Gasteiger partial charge on any atom is -0.465 e. The van der Waals surface area contributed by atoms with E-state index in [0.29, 0.717) is 27.8 Å². The number of thioether (sulfide) groups is 1. The Kier molecular flexibility index (Phi) is 4.85. The molecule has 0 atom stereocenters. The Balaban J connectivity index is 1.61. The first kappa shape index (κ1) is 16.1. The zero-order valence-electron chi connectivity index (χ0n) is 12.8. The second kappa shape index (κ2) is 7.22. The number of nitrogens with one attached hydrogen (secondary N) is 1. The monoisotopic (exact) mass is 346 g/mol. The number of amides is 1. The van der Waals surface area contributed by atoms with Crippen LogP contribution in [-0.2, 0) is 9.53 Å². The fourth-order valence-corrected chi connectivity index (χ4v) is 2.86. The fourth-order valence-electron chi connectivity index (χ4n) is 2.08. The maximum absolute atomic E-state index is 12.1. The topological polar surface area (TPSA) is 86.8 Å². The van der Waals surface area contributed by atoms with Crippen LogP contribution in [0.1, 0.15) is 10.4 Å². The maximum atomic E-state index is 12.1. The van der Waals surface area contributed by atoms with Crippen LogP contribution in [0.3, 0.4) is 0 Å². The zero-order valence-corrected chi connectivity index (χ0v) is 13.6. The molecule has 0 radical (unpaired) electrons. The molecule has 2 aromatic rings. The van der Waals surface area contributed by atoms with Crippen LogP contribution < -0.4 is 14.8 Å². The van der Waals surface area contributed by atoms with Gasteiger partial charge in [0, 0.05) is 18.0 Å². The van der Waals surface area contributed by atoms with Gasteiger partial charge >= 0.3 is 5.97 Å². The van der Waals surface area contributed by atoms with Crippen molar-refractivity contribution in [2.24, 2.45) is 0 Å². The van der Waals surface area contributed by atoms with Crippen LogP contribution in [0.5, 0.6) is 11.5 Å². The van der Waals surface area contributed by atoms with Crippen LogP contribution in [-0.4, -0.2) is 36.5 Å². The molecule has 0 saturated carbocycles. The molecule has 3 rings (SSSR count). The van der Waals surface area contributed by atoms with Gasteiger partial charge in [-0.15, -0.1) is 0 Å². The Labute approximate surface area is 142 Å². The number of ether oxygens (including phenoxy) is 3. The highest BCUT2D eigenvalue weighted by Crippen LogP contribution is 2.34. The number of fused-ring (bicyclic) bond motifs is 1. The van der Waals surface area contributed by atoms with Crippen LogP contribution in [0.2, 0.25) is 0 Å². The molecule has 1 aromatic heterocycles. The summed E-state index contributed by atoms with van der Waals surface area (Å²) in [6, 6.07) is 8.42. The summed E-state index contributed by atoms with van der Waals surface area (Å²) in [5, 5.41) is 3.21. The predicted molar refractivity (Wildman–Crippen MR) is 87.5 cm³/mol. The highest BCUT2D eigenvalue weighted by molar-refractivity contribution is 8.00. The van der Waals surface area contributed by atoms with Crippen LogP contribution in [0.4, 0.5) is 5.69 Å². The fraction of sp³-hybridized carbons (Fsp3) is 0.188. The highest BCUT2D eigenvalue weighted by Gasteiger charge is 2.16. The van der Waals surface area contributed by atoms with Crippen molar-refractivity contribution in [3.8, 4) is 11.5 Å². The molecule has 7 nitrogen and oxygen atoms in total. The van der Waals surface area contributed by atoms with Gasteiger partial charge in [0.15, 0.2) is 11.5 Å². The molecule has 124 valence electrons. The van der Waals surface area contributed by atoms with Crippen LogP contribution in [0, 0.1) is 0 Å². The summed E-state index contributed by atoms with van der Waals surface area (Å²) in [6.07, 6.45) is 1.56. The van der Waals surface area contributed by atoms with Crippen LogP contribution in [0.15, 0.2) is 41.6 Å². The van der Waals surface area contributed by atoms with Crippen LogP contribution in [0.25, 0.3) is 0 Å². The van der Waals surface area contributed by atoms with E-state index in [2.05, 4.69) is 10.3 Å². The molecule has 0 fully saturated rings. The molecule has 8 heteroatoms. The lowest BCUT2D eigenvalue weighted by atomic mass is 10.3. The van der Waals surface area contributed by atoms with Crippen molar-refractivity contribution in [1.82, 2.24) is 4.98 Å². The smallest absolute Gasteiger partial charge is 0.340 e. The summed E-state index contributed by atoms with van der Waals surface area (Å²) in [4.78, 5) is 27.9. The molecule has 1 aliphatic heterocycles. The largest absolute Gasteiger partial charge is 0.465 e. The Hall–Kier alpha value is -2.74. The van der Waals surface area contributed by atoms with Gasteiger partial charge in [-0.25, -0.2) is 9.78 Å². The number of anilines is 1. The van der Waals surface area contributed by atoms with Gasteiger partial charge in [-0.1, -0.05) is 11.8 Å². The number of pyridine rings is 1. The van der Waals surface area contributed by atoms with E-state index in [4.69, 9.17) is 14.2 Å². The number of esters is 1. The Morgan fingerprint density at radius 3 is 2.96 bits per heavy atom. The molecule has 1 N–H and O–H groups in total. The number of benzene rings is 1. The van der Waals surface area contributed by atoms with E-state index < -0.39 is 5.97 Å². The van der Waals surface area contributed by atoms with Gasteiger partial charge in [-0.3, -0.25) is 4.79 Å². The van der Waals surface area contributed by atoms with Crippen molar-refractivity contribution >= 4 is 29.3 Å². The normalized spacial score (nSPS) is 11.9. The molecular formula is C16H14N2O5S. The second-order valence-electron chi connectivity index (χ2n) is 4.75. The number of methoxy groups -OCH3 is 1. The van der Waals surface area contributed by atoms with Gasteiger partial charge in [-0.05, 0) is 24.3 Å². The Bertz CT molecular complexity index is 781. The van der Waals surface area contributed by atoms with Gasteiger partial charge < -0.3 is 19.5 Å². The first-order chi connectivity index (χ1) is 11.7. The van der Waals surface area contributed by atoms with E-state index in [9.17, 15) is 9.59 Å². The molecule has 0 aliphatic carbocycles. The Morgan fingerprint density at radius 2 is 2.12 bits per heavy atom. The summed E-state index contributed by atoms with van der Waals surface area (Å²) in [5.74, 6) is 0.647. The van der Waals surface area contributed by atoms with Crippen molar-refractivity contribution in [3.05, 3.63) is 42.1 Å². The maximum Gasteiger partial charge on any atom is 0.340 e. The SMILES string of the molecule is COC(=O)c1cccnc1SCC(=O)Nc1ccc2c(c1)OCO2. The quantitative estimate of drug-likeness (QED) is 0.657. The molecule has 0 bridgehead atoms. The molecule has 2 heterocycles. The molecule has 1 amide bonds. The highest BCUT2D eigenvalue weighted by atomic mass is 32.2. The lowest BCUT2D eigenvalue weighted by Crippen LogP contribution is -2.14. The van der Waals surface area contributed by atoms with E-state index in [-0.39, 0.29) is 18.5 Å². The Morgan fingerprint density at radius 1 is 1.29 bits per heavy atom. The first-order valence-electron chi connectivity index (χ1n) is 7.03. The van der Waals surface area contributed by atoms with Gasteiger partial charge in [0.2, 0.25) is 12.7 Å². The van der Waals surface area contributed by atoms with Crippen molar-refractivity contribution in [2.75, 3.05) is 25.0 Å². The molecule has 24 heavy (non-hydrogen) atoms. The molecule has 0 unspecified atom stereocenters. The molecule has 1 aromatic carbocycles. The third kappa shape index (κ3) is 3.60. The van der Waals surface area contributed by atoms with Gasteiger partial charge in [0.05, 0.1) is 18.4 Å². The van der Waals surface area contributed by atoms with E-state index in [1.165, 1.54) is 7.11 Å². The van der Waals surface area contributed by atoms with Gasteiger partial charge in [0.1, 0.15) is 5.03 Å². The van der Waals surface area contributed by atoms with E-state index >= 15 is 0 Å². The van der Waals surface area contributed by atoms with Crippen molar-refractivity contribution in [1.29, 1.82) is 0 Å². The minimum atomic E-state index is -0.484. The summed E-state index contributed by atoms with van der Waals surface area (Å²) in [7, 11) is 1.30. The molecule has 0 saturated heterocycles. The van der Waals surface area contributed by atoms with Gasteiger partial charge in [-0.2, -0.15) is 0 Å². The number of hydrogen-bond donors (Lipinski definition) is 1. The van der Waals surface area contributed by atoms with Crippen LogP contribution >= 0.6 is 11.8 Å². The average Bonchev–Trinajstić information content (AvgIpc) is 3.07. The van der Waals surface area contributed by atoms with Gasteiger partial charge in [0.25, 0.3) is 0 Å². The van der Waals surface area contributed by atoms with E-state index in [1.54, 1.807) is 36.5 Å². The summed E-state index contributed by atoms with van der Waals surface area (Å²) in [6.45, 7) is 0.179. The number of carbonyl (C=O) groups is 2. The third-order valence-electron chi connectivity index (χ3n) is 3.17.